The number of hydrogen-bond acceptors (Lipinski definition) is 5. The van der Waals surface area contributed by atoms with Crippen molar-refractivity contribution < 1.29 is 10.2 Å². The van der Waals surface area contributed by atoms with Gasteiger partial charge < -0.3 is 15.5 Å². The first-order valence-corrected chi connectivity index (χ1v) is 5.04. The van der Waals surface area contributed by atoms with E-state index in [1.54, 1.807) is 7.05 Å². The molecule has 0 aromatic carbocycles. The topological polar surface area (TPSA) is 89.2 Å². The van der Waals surface area contributed by atoms with E-state index in [-0.39, 0.29) is 22.8 Å². The zero-order valence-corrected chi connectivity index (χ0v) is 9.44. The molecule has 0 radical (unpaired) electrons. The third-order valence-corrected chi connectivity index (χ3v) is 2.41. The Bertz CT molecular complexity index is 406. The molecule has 5 nitrogen and oxygen atoms in total. The average molecular weight is 242 g/mol. The van der Waals surface area contributed by atoms with E-state index in [2.05, 4.69) is 10.3 Å². The maximum Gasteiger partial charge on any atom is 0.134 e. The van der Waals surface area contributed by atoms with E-state index in [0.29, 0.717) is 0 Å². The molecule has 0 aliphatic carbocycles. The molecule has 3 N–H and O–H groups in total. The van der Waals surface area contributed by atoms with Crippen LogP contribution in [0.4, 0.5) is 0 Å². The van der Waals surface area contributed by atoms with Crippen LogP contribution in [0.1, 0.15) is 17.2 Å². The maximum absolute atomic E-state index is 9.80. The molecule has 0 fully saturated rings. The number of pyridine rings is 1. The van der Waals surface area contributed by atoms with Gasteiger partial charge in [-0.05, 0) is 13.1 Å². The fourth-order valence-corrected chi connectivity index (χ4v) is 1.48. The molecule has 1 aromatic rings. The number of nitrogens with zero attached hydrogens (tertiary/aromatic N) is 2. The van der Waals surface area contributed by atoms with Gasteiger partial charge in [0.2, 0.25) is 0 Å². The third-order valence-electron chi connectivity index (χ3n) is 2.09. The molecule has 0 aliphatic heterocycles. The van der Waals surface area contributed by atoms with E-state index in [9.17, 15) is 10.2 Å². The summed E-state index contributed by atoms with van der Waals surface area (Å²) in [4.78, 5) is 3.76. The first-order chi connectivity index (χ1) is 7.60. The van der Waals surface area contributed by atoms with Crippen molar-refractivity contribution >= 4 is 11.6 Å². The van der Waals surface area contributed by atoms with Gasteiger partial charge in [-0.25, -0.2) is 4.98 Å². The van der Waals surface area contributed by atoms with Gasteiger partial charge in [0.15, 0.2) is 0 Å². The van der Waals surface area contributed by atoms with E-state index >= 15 is 0 Å². The molecule has 0 amide bonds. The lowest BCUT2D eigenvalue weighted by molar-refractivity contribution is 0.0201. The molecule has 1 rings (SSSR count). The highest BCUT2D eigenvalue weighted by atomic mass is 35.5. The number of nitriles is 1. The second kappa shape index (κ2) is 5.77. The Balaban J connectivity index is 2.98. The van der Waals surface area contributed by atoms with Crippen LogP contribution in [0.3, 0.4) is 0 Å². The van der Waals surface area contributed by atoms with Crippen molar-refractivity contribution in [3.8, 4) is 6.07 Å². The van der Waals surface area contributed by atoms with Gasteiger partial charge in [-0.1, -0.05) is 11.6 Å². The Hall–Kier alpha value is -1.19. The number of rotatable bonds is 4. The second-order valence-corrected chi connectivity index (χ2v) is 3.64. The minimum Gasteiger partial charge on any atom is -0.389 e. The van der Waals surface area contributed by atoms with Crippen LogP contribution in [0.5, 0.6) is 0 Å². The molecule has 1 aromatic heterocycles. The first kappa shape index (κ1) is 12.9. The molecule has 0 saturated carbocycles. The van der Waals surface area contributed by atoms with E-state index in [1.165, 1.54) is 12.3 Å². The average Bonchev–Trinajstić information content (AvgIpc) is 2.29. The van der Waals surface area contributed by atoms with Gasteiger partial charge >= 0.3 is 0 Å². The quantitative estimate of drug-likeness (QED) is 0.657. The summed E-state index contributed by atoms with van der Waals surface area (Å²) in [6, 6.07) is 3.31. The third kappa shape index (κ3) is 2.90. The van der Waals surface area contributed by atoms with E-state index in [4.69, 9.17) is 16.9 Å². The molecular formula is C10H12ClN3O2. The van der Waals surface area contributed by atoms with Gasteiger partial charge in [-0.2, -0.15) is 5.26 Å². The van der Waals surface area contributed by atoms with Crippen LogP contribution in [0.2, 0.25) is 5.15 Å². The van der Waals surface area contributed by atoms with Gasteiger partial charge in [0.05, 0.1) is 11.7 Å². The zero-order valence-electron chi connectivity index (χ0n) is 8.68. The van der Waals surface area contributed by atoms with E-state index in [1.807, 2.05) is 6.07 Å². The first-order valence-electron chi connectivity index (χ1n) is 4.66. The molecule has 0 bridgehead atoms. The number of aliphatic hydroxyl groups excluding tert-OH is 2. The Kier molecular flexibility index (Phi) is 4.65. The van der Waals surface area contributed by atoms with Crippen LogP contribution in [0, 0.1) is 11.3 Å². The van der Waals surface area contributed by atoms with Crippen LogP contribution in [0.15, 0.2) is 12.3 Å². The van der Waals surface area contributed by atoms with Crippen molar-refractivity contribution in [2.45, 2.75) is 12.2 Å². The minimum atomic E-state index is -1.17. The van der Waals surface area contributed by atoms with E-state index in [0.717, 1.165) is 0 Å². The Morgan fingerprint density at radius 2 is 2.31 bits per heavy atom. The van der Waals surface area contributed by atoms with Crippen LogP contribution < -0.4 is 5.32 Å². The highest BCUT2D eigenvalue weighted by Gasteiger charge is 2.21. The fraction of sp³-hybridized carbons (Fsp3) is 0.400. The van der Waals surface area contributed by atoms with E-state index < -0.39 is 12.2 Å². The standard InChI is InChI=1S/C10H12ClN3O2/c1-13-5-8(15)9(16)7-2-6(3-12)4-14-10(7)11/h2,4,8-9,13,15-16H,5H2,1H3. The minimum absolute atomic E-state index is 0.0849. The summed E-state index contributed by atoms with van der Waals surface area (Å²) in [5.74, 6) is 0. The van der Waals surface area contributed by atoms with Crippen molar-refractivity contribution in [1.82, 2.24) is 10.3 Å². The van der Waals surface area contributed by atoms with Gasteiger partial charge in [-0.3, -0.25) is 0 Å². The lowest BCUT2D eigenvalue weighted by Gasteiger charge is -2.18. The molecule has 1 heterocycles. The van der Waals surface area contributed by atoms with Gasteiger partial charge in [-0.15, -0.1) is 0 Å². The van der Waals surface area contributed by atoms with Crippen molar-refractivity contribution in [3.05, 3.63) is 28.5 Å². The maximum atomic E-state index is 9.80. The second-order valence-electron chi connectivity index (χ2n) is 3.29. The molecule has 0 aliphatic rings. The molecule has 2 atom stereocenters. The summed E-state index contributed by atoms with van der Waals surface area (Å²) in [5.41, 5.74) is 0.540. The van der Waals surface area contributed by atoms with Crippen molar-refractivity contribution in [3.63, 3.8) is 0 Å². The molecule has 0 saturated heterocycles. The molecule has 6 heteroatoms. The Labute approximate surface area is 98.3 Å². The molecule has 2 unspecified atom stereocenters. The van der Waals surface area contributed by atoms with Crippen LogP contribution in [-0.2, 0) is 0 Å². The smallest absolute Gasteiger partial charge is 0.134 e. The molecule has 86 valence electrons. The Morgan fingerprint density at radius 1 is 1.62 bits per heavy atom. The summed E-state index contributed by atoms with van der Waals surface area (Å²) in [5, 5.41) is 30.9. The van der Waals surface area contributed by atoms with Crippen LogP contribution in [0.25, 0.3) is 0 Å². The molecule has 0 spiro atoms. The van der Waals surface area contributed by atoms with Crippen LogP contribution >= 0.6 is 11.6 Å². The number of halogens is 1. The monoisotopic (exact) mass is 241 g/mol. The fourth-order valence-electron chi connectivity index (χ4n) is 1.26. The van der Waals surface area contributed by atoms with Gasteiger partial charge in [0, 0.05) is 18.3 Å². The molecular weight excluding hydrogens is 230 g/mol. The highest BCUT2D eigenvalue weighted by Crippen LogP contribution is 2.24. The predicted molar refractivity (Wildman–Crippen MR) is 58.9 cm³/mol. The van der Waals surface area contributed by atoms with Gasteiger partial charge in [0.25, 0.3) is 0 Å². The number of nitrogens with one attached hydrogen (secondary N) is 1. The summed E-state index contributed by atoms with van der Waals surface area (Å²) >= 11 is 5.78. The SMILES string of the molecule is CNCC(O)C(O)c1cc(C#N)cnc1Cl. The number of aromatic nitrogens is 1. The number of hydrogen-bond donors (Lipinski definition) is 3. The number of aliphatic hydroxyl groups is 2. The summed E-state index contributed by atoms with van der Waals surface area (Å²) in [6.07, 6.45) is -0.859. The summed E-state index contributed by atoms with van der Waals surface area (Å²) in [7, 11) is 1.65. The van der Waals surface area contributed by atoms with Crippen molar-refractivity contribution in [2.75, 3.05) is 13.6 Å². The Morgan fingerprint density at radius 3 is 2.88 bits per heavy atom. The zero-order chi connectivity index (χ0) is 12.1. The normalized spacial score (nSPS) is 14.2. The summed E-state index contributed by atoms with van der Waals surface area (Å²) in [6.45, 7) is 0.217. The lowest BCUT2D eigenvalue weighted by atomic mass is 10.0. The van der Waals surface area contributed by atoms with Gasteiger partial charge in [0.1, 0.15) is 17.3 Å². The predicted octanol–water partition coefficient (Wildman–Crippen LogP) is 0.220. The lowest BCUT2D eigenvalue weighted by Crippen LogP contribution is -2.29. The molecule has 16 heavy (non-hydrogen) atoms. The number of likely N-dealkylation sites (N-methyl/N-ethyl adjacent to an activating group) is 1. The van der Waals surface area contributed by atoms with Crippen LogP contribution in [-0.4, -0.2) is 34.9 Å². The van der Waals surface area contributed by atoms with Crippen molar-refractivity contribution in [1.29, 1.82) is 5.26 Å². The van der Waals surface area contributed by atoms with Crippen molar-refractivity contribution in [2.24, 2.45) is 0 Å². The largest absolute Gasteiger partial charge is 0.389 e. The highest BCUT2D eigenvalue weighted by molar-refractivity contribution is 6.30. The summed E-state index contributed by atoms with van der Waals surface area (Å²) < 4.78 is 0.